The van der Waals surface area contributed by atoms with E-state index in [9.17, 15) is 9.59 Å². The summed E-state index contributed by atoms with van der Waals surface area (Å²) in [6, 6.07) is 3.55. The highest BCUT2D eigenvalue weighted by Crippen LogP contribution is 2.47. The van der Waals surface area contributed by atoms with Crippen LogP contribution in [0, 0.1) is 23.3 Å². The lowest BCUT2D eigenvalue weighted by Crippen LogP contribution is -2.35. The van der Waals surface area contributed by atoms with Crippen molar-refractivity contribution in [3.63, 3.8) is 0 Å². The fourth-order valence-electron chi connectivity index (χ4n) is 3.77. The first-order chi connectivity index (χ1) is 11.7. The number of ether oxygens (including phenoxy) is 1. The van der Waals surface area contributed by atoms with Crippen LogP contribution in [0.2, 0.25) is 24.7 Å². The lowest BCUT2D eigenvalue weighted by molar-refractivity contribution is -0.136. The summed E-state index contributed by atoms with van der Waals surface area (Å²) in [4.78, 5) is 25.6. The van der Waals surface area contributed by atoms with E-state index in [1.54, 1.807) is 12.1 Å². The Balaban J connectivity index is 2.06. The molecule has 0 aliphatic heterocycles. The summed E-state index contributed by atoms with van der Waals surface area (Å²) in [5.41, 5.74) is 4.58. The molecular formula is C20H23ClO3Si. The number of hydrogen-bond acceptors (Lipinski definition) is 3. The number of fused-ring (bicyclic) bond motifs is 2. The molecule has 1 aromatic rings. The number of carbonyl (C=O) groups is 2. The van der Waals surface area contributed by atoms with Gasteiger partial charge in [0.2, 0.25) is 0 Å². The Kier molecular flexibility index (Phi) is 4.83. The molecule has 0 heterocycles. The number of methoxy groups -OCH3 is 1. The van der Waals surface area contributed by atoms with Gasteiger partial charge in [-0.1, -0.05) is 37.2 Å². The molecule has 2 saturated carbocycles. The van der Waals surface area contributed by atoms with Gasteiger partial charge in [0.25, 0.3) is 0 Å². The molecule has 2 aliphatic rings. The third-order valence-electron chi connectivity index (χ3n) is 4.99. The number of Topliss-reactive ketones (excluding diaryl/α,β-unsaturated/α-hetero) is 2. The minimum atomic E-state index is -1.52. The third kappa shape index (κ3) is 3.54. The summed E-state index contributed by atoms with van der Waals surface area (Å²) in [5.74, 6) is 2.83. The molecule has 0 saturated heterocycles. The second-order valence-corrected chi connectivity index (χ2v) is 13.2. The van der Waals surface area contributed by atoms with E-state index < -0.39 is 14.0 Å². The average molecular weight is 375 g/mol. The maximum Gasteiger partial charge on any atom is 0.151 e. The van der Waals surface area contributed by atoms with E-state index in [0.29, 0.717) is 22.8 Å². The van der Waals surface area contributed by atoms with Crippen LogP contribution < -0.4 is 4.74 Å². The van der Waals surface area contributed by atoms with Crippen LogP contribution in [0.5, 0.6) is 5.75 Å². The number of carbonyl (C=O) groups excluding carboxylic acids is 2. The third-order valence-corrected chi connectivity index (χ3v) is 6.18. The van der Waals surface area contributed by atoms with E-state index in [1.807, 2.05) is 0 Å². The Morgan fingerprint density at radius 1 is 1.12 bits per heavy atom. The highest BCUT2D eigenvalue weighted by atomic mass is 35.5. The molecule has 3 rings (SSSR count). The normalized spacial score (nSPS) is 25.6. The SMILES string of the molecule is COc1cc(C#C[Si](C)(C)C)cc(Cl)c1C1C(=O)C2CCC(C2)C1=O. The molecule has 0 radical (unpaired) electrons. The van der Waals surface area contributed by atoms with E-state index in [4.69, 9.17) is 16.3 Å². The van der Waals surface area contributed by atoms with Crippen molar-refractivity contribution in [1.29, 1.82) is 0 Å². The molecule has 5 heteroatoms. The van der Waals surface area contributed by atoms with E-state index in [1.165, 1.54) is 7.11 Å². The molecule has 0 aromatic heterocycles. The van der Waals surface area contributed by atoms with Crippen molar-refractivity contribution in [3.8, 4) is 17.2 Å². The van der Waals surface area contributed by atoms with Gasteiger partial charge in [-0.3, -0.25) is 9.59 Å². The molecule has 25 heavy (non-hydrogen) atoms. The molecule has 132 valence electrons. The molecule has 3 nitrogen and oxygen atoms in total. The predicted molar refractivity (Wildman–Crippen MR) is 102 cm³/mol. The van der Waals surface area contributed by atoms with Crippen molar-refractivity contribution in [1.82, 2.24) is 0 Å². The van der Waals surface area contributed by atoms with E-state index >= 15 is 0 Å². The van der Waals surface area contributed by atoms with Crippen molar-refractivity contribution in [2.24, 2.45) is 11.8 Å². The Bertz CT molecular complexity index is 776. The van der Waals surface area contributed by atoms with Gasteiger partial charge in [0.05, 0.1) is 7.11 Å². The highest BCUT2D eigenvalue weighted by Gasteiger charge is 2.48. The molecule has 0 amide bonds. The van der Waals surface area contributed by atoms with E-state index in [0.717, 1.165) is 18.4 Å². The number of halogens is 1. The second kappa shape index (κ2) is 6.62. The highest BCUT2D eigenvalue weighted by molar-refractivity contribution is 6.83. The van der Waals surface area contributed by atoms with Crippen molar-refractivity contribution in [2.75, 3.05) is 7.11 Å². The zero-order valence-corrected chi connectivity index (χ0v) is 16.9. The Hall–Kier alpha value is -1.57. The smallest absolute Gasteiger partial charge is 0.151 e. The standard InChI is InChI=1S/C20H23ClO3Si/c1-24-16-10-12(7-8-25(2,3)4)9-15(21)17(16)18-19(22)13-5-6-14(11-13)20(18)23/h9-10,13-14,18H,5-6,11H2,1-4H3. The minimum absolute atomic E-state index is 0.000108. The van der Waals surface area contributed by atoms with Gasteiger partial charge in [-0.05, 0) is 31.4 Å². The molecule has 0 N–H and O–H groups in total. The van der Waals surface area contributed by atoms with Gasteiger partial charge < -0.3 is 4.74 Å². The van der Waals surface area contributed by atoms with Crippen LogP contribution in [0.25, 0.3) is 0 Å². The van der Waals surface area contributed by atoms with Crippen LogP contribution in [0.1, 0.15) is 36.3 Å². The maximum atomic E-state index is 12.8. The van der Waals surface area contributed by atoms with Crippen LogP contribution in [0.3, 0.4) is 0 Å². The summed E-state index contributed by atoms with van der Waals surface area (Å²) < 4.78 is 5.49. The zero-order valence-electron chi connectivity index (χ0n) is 15.1. The maximum absolute atomic E-state index is 12.8. The number of hydrogen-bond donors (Lipinski definition) is 0. The van der Waals surface area contributed by atoms with Crippen LogP contribution in [0.15, 0.2) is 12.1 Å². The van der Waals surface area contributed by atoms with Crippen LogP contribution in [0.4, 0.5) is 0 Å². The van der Waals surface area contributed by atoms with Crippen molar-refractivity contribution in [3.05, 3.63) is 28.3 Å². The molecule has 2 aliphatic carbocycles. The molecular weight excluding hydrogens is 352 g/mol. The van der Waals surface area contributed by atoms with Crippen LogP contribution >= 0.6 is 11.6 Å². The van der Waals surface area contributed by atoms with Gasteiger partial charge in [-0.2, -0.15) is 0 Å². The lowest BCUT2D eigenvalue weighted by atomic mass is 9.75. The number of benzene rings is 1. The van der Waals surface area contributed by atoms with Crippen molar-refractivity contribution >= 4 is 31.2 Å². The summed E-state index contributed by atoms with van der Waals surface area (Å²) in [5, 5.41) is 0.396. The Labute approximate surface area is 155 Å². The van der Waals surface area contributed by atoms with Gasteiger partial charge in [0.15, 0.2) is 11.6 Å². The van der Waals surface area contributed by atoms with E-state index in [-0.39, 0.29) is 23.4 Å². The Morgan fingerprint density at radius 2 is 1.72 bits per heavy atom. The van der Waals surface area contributed by atoms with Gasteiger partial charge >= 0.3 is 0 Å². The molecule has 2 unspecified atom stereocenters. The predicted octanol–water partition coefficient (Wildman–Crippen LogP) is 4.23. The molecule has 1 aromatic carbocycles. The molecule has 2 atom stereocenters. The van der Waals surface area contributed by atoms with Gasteiger partial charge in [-0.15, -0.1) is 5.54 Å². The fourth-order valence-corrected chi connectivity index (χ4v) is 4.61. The van der Waals surface area contributed by atoms with Gasteiger partial charge in [-0.25, -0.2) is 0 Å². The molecule has 2 fully saturated rings. The van der Waals surface area contributed by atoms with Gasteiger partial charge in [0, 0.05) is 28.0 Å². The number of ketones is 2. The first-order valence-electron chi connectivity index (χ1n) is 8.69. The topological polar surface area (TPSA) is 43.4 Å². The quantitative estimate of drug-likeness (QED) is 0.442. The minimum Gasteiger partial charge on any atom is -0.496 e. The first-order valence-corrected chi connectivity index (χ1v) is 12.6. The van der Waals surface area contributed by atoms with Crippen LogP contribution in [-0.4, -0.2) is 26.8 Å². The number of rotatable bonds is 2. The summed E-state index contributed by atoms with van der Waals surface area (Å²) in [6.07, 6.45) is 2.32. The lowest BCUT2D eigenvalue weighted by Gasteiger charge is -2.27. The van der Waals surface area contributed by atoms with E-state index in [2.05, 4.69) is 31.1 Å². The second-order valence-electron chi connectivity index (χ2n) is 8.02. The molecule has 0 spiro atoms. The Morgan fingerprint density at radius 3 is 2.24 bits per heavy atom. The summed E-state index contributed by atoms with van der Waals surface area (Å²) in [6.45, 7) is 6.51. The molecule has 2 bridgehead atoms. The summed E-state index contributed by atoms with van der Waals surface area (Å²) >= 11 is 6.50. The fraction of sp³-hybridized carbons (Fsp3) is 0.500. The zero-order chi connectivity index (χ0) is 18.4. The van der Waals surface area contributed by atoms with Gasteiger partial charge in [0.1, 0.15) is 19.7 Å². The van der Waals surface area contributed by atoms with Crippen molar-refractivity contribution in [2.45, 2.75) is 44.8 Å². The van der Waals surface area contributed by atoms with Crippen molar-refractivity contribution < 1.29 is 14.3 Å². The van der Waals surface area contributed by atoms with Crippen LogP contribution in [-0.2, 0) is 9.59 Å². The summed E-state index contributed by atoms with van der Waals surface area (Å²) in [7, 11) is 0.0229. The largest absolute Gasteiger partial charge is 0.496 e. The monoisotopic (exact) mass is 374 g/mol. The first kappa shape index (κ1) is 18.2. The average Bonchev–Trinajstić information content (AvgIpc) is 2.99.